The highest BCUT2D eigenvalue weighted by Crippen LogP contribution is 2.32. The first-order chi connectivity index (χ1) is 9.02. The fourth-order valence-corrected chi connectivity index (χ4v) is 3.69. The molecule has 0 aliphatic heterocycles. The molecule has 1 aliphatic rings. The predicted molar refractivity (Wildman–Crippen MR) is 74.7 cm³/mol. The summed E-state index contributed by atoms with van der Waals surface area (Å²) in [4.78, 5) is 24.4. The normalized spacial score (nSPS) is 19.6. The van der Waals surface area contributed by atoms with Gasteiger partial charge in [-0.2, -0.15) is 0 Å². The van der Waals surface area contributed by atoms with Crippen molar-refractivity contribution >= 4 is 23.2 Å². The quantitative estimate of drug-likeness (QED) is 0.891. The smallest absolute Gasteiger partial charge is 0.326 e. The van der Waals surface area contributed by atoms with Crippen molar-refractivity contribution in [2.24, 2.45) is 5.92 Å². The maximum Gasteiger partial charge on any atom is 0.326 e. The van der Waals surface area contributed by atoms with Crippen LogP contribution in [0.2, 0.25) is 0 Å². The molecule has 2 N–H and O–H groups in total. The van der Waals surface area contributed by atoms with Gasteiger partial charge in [0.2, 0.25) is 0 Å². The number of fused-ring (bicyclic) bond motifs is 1. The van der Waals surface area contributed by atoms with E-state index in [-0.39, 0.29) is 5.91 Å². The lowest BCUT2D eigenvalue weighted by molar-refractivity contribution is -0.139. The number of carbonyl (C=O) groups excluding carboxylic acids is 1. The zero-order chi connectivity index (χ0) is 14.0. The van der Waals surface area contributed by atoms with Crippen LogP contribution in [-0.2, 0) is 17.6 Å². The van der Waals surface area contributed by atoms with E-state index in [1.54, 1.807) is 18.3 Å². The fraction of sp³-hybridized carbons (Fsp3) is 0.571. The molecule has 2 rings (SSSR count). The van der Waals surface area contributed by atoms with Crippen molar-refractivity contribution < 1.29 is 14.7 Å². The van der Waals surface area contributed by atoms with Crippen LogP contribution < -0.4 is 5.32 Å². The summed E-state index contributed by atoms with van der Waals surface area (Å²) >= 11 is 1.62. The summed E-state index contributed by atoms with van der Waals surface area (Å²) in [6.45, 7) is 3.98. The maximum atomic E-state index is 12.2. The van der Waals surface area contributed by atoms with Gasteiger partial charge in [0.05, 0.1) is 5.56 Å². The van der Waals surface area contributed by atoms with Crippen LogP contribution in [0, 0.1) is 5.92 Å². The molecule has 1 amide bonds. The van der Waals surface area contributed by atoms with Crippen LogP contribution in [0.3, 0.4) is 0 Å². The maximum absolute atomic E-state index is 12.2. The summed E-state index contributed by atoms with van der Waals surface area (Å²) in [5.41, 5.74) is 1.80. The lowest BCUT2D eigenvalue weighted by atomic mass is 9.88. The molecule has 0 aromatic carbocycles. The van der Waals surface area contributed by atoms with Gasteiger partial charge >= 0.3 is 5.97 Å². The van der Waals surface area contributed by atoms with E-state index in [0.29, 0.717) is 17.9 Å². The van der Waals surface area contributed by atoms with E-state index in [1.807, 2.05) is 5.38 Å². The minimum Gasteiger partial charge on any atom is -0.480 e. The Bertz CT molecular complexity index is 495. The van der Waals surface area contributed by atoms with Gasteiger partial charge in [0.15, 0.2) is 0 Å². The topological polar surface area (TPSA) is 66.4 Å². The summed E-state index contributed by atoms with van der Waals surface area (Å²) in [5, 5.41) is 13.4. The van der Waals surface area contributed by atoms with Gasteiger partial charge in [-0.15, -0.1) is 11.3 Å². The highest BCUT2D eigenvalue weighted by atomic mass is 32.1. The Balaban J connectivity index is 2.14. The van der Waals surface area contributed by atoms with Gasteiger partial charge in [-0.1, -0.05) is 13.8 Å². The Hall–Kier alpha value is -1.36. The number of rotatable bonds is 4. The molecule has 2 atom stereocenters. The van der Waals surface area contributed by atoms with E-state index in [0.717, 1.165) is 24.8 Å². The van der Waals surface area contributed by atoms with Gasteiger partial charge in [-0.25, -0.2) is 4.79 Å². The molecule has 1 unspecified atom stereocenters. The Morgan fingerprint density at radius 3 is 2.95 bits per heavy atom. The molecule has 5 heteroatoms. The lowest BCUT2D eigenvalue weighted by Gasteiger charge is -2.19. The number of aliphatic carboxylic acids is 1. The molecule has 1 aliphatic carbocycles. The SMILES string of the molecule is CC[C@H](NC(=O)c1csc2c1CCC(C)C2)C(=O)O. The molecule has 1 heterocycles. The minimum atomic E-state index is -0.978. The molecule has 0 saturated heterocycles. The number of nitrogens with one attached hydrogen (secondary N) is 1. The molecule has 4 nitrogen and oxygen atoms in total. The van der Waals surface area contributed by atoms with Gasteiger partial charge in [-0.05, 0) is 37.2 Å². The van der Waals surface area contributed by atoms with Crippen LogP contribution in [0.4, 0.5) is 0 Å². The summed E-state index contributed by atoms with van der Waals surface area (Å²) < 4.78 is 0. The van der Waals surface area contributed by atoms with Gasteiger partial charge in [0.1, 0.15) is 6.04 Å². The first kappa shape index (κ1) is 14.1. The number of hydrogen-bond donors (Lipinski definition) is 2. The summed E-state index contributed by atoms with van der Waals surface area (Å²) in [5.74, 6) is -0.556. The summed E-state index contributed by atoms with van der Waals surface area (Å²) in [7, 11) is 0. The average Bonchev–Trinajstić information content (AvgIpc) is 2.78. The van der Waals surface area contributed by atoms with Crippen LogP contribution in [0.15, 0.2) is 5.38 Å². The predicted octanol–water partition coefficient (Wildman–Crippen LogP) is 2.47. The van der Waals surface area contributed by atoms with Crippen LogP contribution in [0.1, 0.15) is 47.5 Å². The van der Waals surface area contributed by atoms with E-state index in [9.17, 15) is 9.59 Å². The number of carboxylic acid groups (broad SMARTS) is 1. The zero-order valence-corrected chi connectivity index (χ0v) is 12.0. The van der Waals surface area contributed by atoms with Crippen LogP contribution in [0.5, 0.6) is 0 Å². The molecular formula is C14H19NO3S. The lowest BCUT2D eigenvalue weighted by Crippen LogP contribution is -2.40. The summed E-state index contributed by atoms with van der Waals surface area (Å²) in [6.07, 6.45) is 3.45. The molecular weight excluding hydrogens is 262 g/mol. The molecule has 1 aromatic rings. The number of carbonyl (C=O) groups is 2. The van der Waals surface area contributed by atoms with Crippen molar-refractivity contribution in [3.8, 4) is 0 Å². The molecule has 0 bridgehead atoms. The minimum absolute atomic E-state index is 0.249. The van der Waals surface area contributed by atoms with Crippen molar-refractivity contribution in [1.29, 1.82) is 0 Å². The van der Waals surface area contributed by atoms with Gasteiger partial charge in [0, 0.05) is 10.3 Å². The molecule has 0 saturated carbocycles. The fourth-order valence-electron chi connectivity index (χ4n) is 2.44. The van der Waals surface area contributed by atoms with E-state index in [1.165, 1.54) is 4.88 Å². The second kappa shape index (κ2) is 5.74. The Morgan fingerprint density at radius 1 is 1.58 bits per heavy atom. The van der Waals surface area contributed by atoms with Crippen molar-refractivity contribution in [2.45, 2.75) is 45.6 Å². The third-order valence-electron chi connectivity index (χ3n) is 3.66. The molecule has 1 aromatic heterocycles. The largest absolute Gasteiger partial charge is 0.480 e. The standard InChI is InChI=1S/C14H19NO3S/c1-3-11(14(17)18)15-13(16)10-7-19-12-6-8(2)4-5-9(10)12/h7-8,11H,3-6H2,1-2H3,(H,15,16)(H,17,18)/t8?,11-/m0/s1. The highest BCUT2D eigenvalue weighted by molar-refractivity contribution is 7.10. The number of carboxylic acids is 1. The molecule has 19 heavy (non-hydrogen) atoms. The summed E-state index contributed by atoms with van der Waals surface area (Å²) in [6, 6.07) is -0.800. The second-order valence-corrected chi connectivity index (χ2v) is 6.14. The van der Waals surface area contributed by atoms with Gasteiger partial charge in [0.25, 0.3) is 5.91 Å². The average molecular weight is 281 g/mol. The first-order valence-corrected chi connectivity index (χ1v) is 7.53. The van der Waals surface area contributed by atoms with E-state index < -0.39 is 12.0 Å². The first-order valence-electron chi connectivity index (χ1n) is 6.65. The van der Waals surface area contributed by atoms with Crippen molar-refractivity contribution in [3.63, 3.8) is 0 Å². The van der Waals surface area contributed by atoms with Gasteiger partial charge < -0.3 is 10.4 Å². The van der Waals surface area contributed by atoms with Crippen LogP contribution >= 0.6 is 11.3 Å². The van der Waals surface area contributed by atoms with Crippen molar-refractivity contribution in [3.05, 3.63) is 21.4 Å². The number of hydrogen-bond acceptors (Lipinski definition) is 3. The molecule has 0 spiro atoms. The molecule has 0 fully saturated rings. The molecule has 104 valence electrons. The molecule has 0 radical (unpaired) electrons. The second-order valence-electron chi connectivity index (χ2n) is 5.17. The third-order valence-corrected chi connectivity index (χ3v) is 4.71. The Kier molecular flexibility index (Phi) is 4.24. The number of thiophene rings is 1. The Labute approximate surface area is 116 Å². The van der Waals surface area contributed by atoms with Crippen molar-refractivity contribution in [2.75, 3.05) is 0 Å². The zero-order valence-electron chi connectivity index (χ0n) is 11.2. The number of amides is 1. The van der Waals surface area contributed by atoms with Gasteiger partial charge in [-0.3, -0.25) is 4.79 Å². The van der Waals surface area contributed by atoms with Crippen LogP contribution in [0.25, 0.3) is 0 Å². The third kappa shape index (κ3) is 2.97. The monoisotopic (exact) mass is 281 g/mol. The highest BCUT2D eigenvalue weighted by Gasteiger charge is 2.25. The van der Waals surface area contributed by atoms with Crippen LogP contribution in [-0.4, -0.2) is 23.0 Å². The van der Waals surface area contributed by atoms with Crippen molar-refractivity contribution in [1.82, 2.24) is 5.32 Å². The van der Waals surface area contributed by atoms with E-state index in [2.05, 4.69) is 12.2 Å². The Morgan fingerprint density at radius 2 is 2.32 bits per heavy atom. The van der Waals surface area contributed by atoms with E-state index >= 15 is 0 Å². The van der Waals surface area contributed by atoms with E-state index in [4.69, 9.17) is 5.11 Å².